The van der Waals surface area contributed by atoms with Crippen LogP contribution in [0, 0.1) is 11.8 Å². The number of carbonyl (C=O) groups is 1. The molecule has 1 heterocycles. The van der Waals surface area contributed by atoms with Crippen LogP contribution < -0.4 is 5.32 Å². The van der Waals surface area contributed by atoms with Crippen LogP contribution in [0.5, 0.6) is 0 Å². The largest absolute Gasteiger partial charge is 0.317 e. The Morgan fingerprint density at radius 1 is 1.43 bits per heavy atom. The Morgan fingerprint density at radius 3 is 2.64 bits per heavy atom. The zero-order valence-corrected chi connectivity index (χ0v) is 9.51. The predicted molar refractivity (Wildman–Crippen MR) is 59.3 cm³/mol. The third-order valence-electron chi connectivity index (χ3n) is 3.22. The first-order valence-corrected chi connectivity index (χ1v) is 5.97. The van der Waals surface area contributed by atoms with E-state index < -0.39 is 0 Å². The molecule has 1 rings (SSSR count). The highest BCUT2D eigenvalue weighted by molar-refractivity contribution is 5.80. The summed E-state index contributed by atoms with van der Waals surface area (Å²) in [5.74, 6) is 1.43. The monoisotopic (exact) mass is 197 g/mol. The topological polar surface area (TPSA) is 29.1 Å². The van der Waals surface area contributed by atoms with Gasteiger partial charge in [-0.15, -0.1) is 0 Å². The van der Waals surface area contributed by atoms with Gasteiger partial charge in [0.15, 0.2) is 0 Å². The Bertz CT molecular complexity index is 173. The summed E-state index contributed by atoms with van der Waals surface area (Å²) in [7, 11) is 0. The van der Waals surface area contributed by atoms with Gasteiger partial charge in [0.05, 0.1) is 0 Å². The van der Waals surface area contributed by atoms with Crippen LogP contribution in [0.3, 0.4) is 0 Å². The van der Waals surface area contributed by atoms with Gasteiger partial charge >= 0.3 is 0 Å². The highest BCUT2D eigenvalue weighted by Crippen LogP contribution is 2.20. The molecule has 0 amide bonds. The van der Waals surface area contributed by atoms with Crippen molar-refractivity contribution >= 4 is 5.78 Å². The van der Waals surface area contributed by atoms with E-state index in [2.05, 4.69) is 19.2 Å². The molecule has 1 aliphatic heterocycles. The molecule has 1 unspecified atom stereocenters. The molecule has 1 aliphatic rings. The van der Waals surface area contributed by atoms with Gasteiger partial charge in [-0.2, -0.15) is 0 Å². The second-order valence-electron chi connectivity index (χ2n) is 4.55. The van der Waals surface area contributed by atoms with Crippen molar-refractivity contribution in [2.45, 2.75) is 46.0 Å². The molecule has 2 heteroatoms. The van der Waals surface area contributed by atoms with Gasteiger partial charge in [0.1, 0.15) is 5.78 Å². The van der Waals surface area contributed by atoms with E-state index in [1.165, 1.54) is 12.8 Å². The highest BCUT2D eigenvalue weighted by Gasteiger charge is 2.19. The summed E-state index contributed by atoms with van der Waals surface area (Å²) in [5, 5.41) is 3.33. The van der Waals surface area contributed by atoms with Crippen molar-refractivity contribution in [2.75, 3.05) is 13.1 Å². The average Bonchev–Trinajstić information content (AvgIpc) is 2.19. The lowest BCUT2D eigenvalue weighted by Crippen LogP contribution is -2.29. The Balaban J connectivity index is 2.24. The molecule has 0 aromatic heterocycles. The second kappa shape index (κ2) is 6.18. The van der Waals surface area contributed by atoms with Crippen LogP contribution in [0.2, 0.25) is 0 Å². The molecule has 0 aromatic carbocycles. The van der Waals surface area contributed by atoms with Crippen molar-refractivity contribution in [2.24, 2.45) is 11.8 Å². The summed E-state index contributed by atoms with van der Waals surface area (Å²) in [5.41, 5.74) is 0. The molecule has 14 heavy (non-hydrogen) atoms. The van der Waals surface area contributed by atoms with Crippen LogP contribution in [0.4, 0.5) is 0 Å². The van der Waals surface area contributed by atoms with E-state index in [-0.39, 0.29) is 5.92 Å². The number of Topliss-reactive ketones (excluding diaryl/α,β-unsaturated/α-hetero) is 1. The summed E-state index contributed by atoms with van der Waals surface area (Å²) in [6.45, 7) is 6.42. The van der Waals surface area contributed by atoms with E-state index >= 15 is 0 Å². The Morgan fingerprint density at radius 2 is 2.07 bits per heavy atom. The molecule has 1 saturated heterocycles. The van der Waals surface area contributed by atoms with Crippen LogP contribution in [-0.2, 0) is 4.79 Å². The number of nitrogens with one attached hydrogen (secondary N) is 1. The normalized spacial score (nSPS) is 20.7. The van der Waals surface area contributed by atoms with E-state index in [9.17, 15) is 4.79 Å². The lowest BCUT2D eigenvalue weighted by molar-refractivity contribution is -0.123. The first kappa shape index (κ1) is 11.7. The maximum absolute atomic E-state index is 11.8. The standard InChI is InChI=1S/C12H23NO/c1-3-4-10(2)12(14)9-11-5-7-13-8-6-11/h10-11,13H,3-9H2,1-2H3. The van der Waals surface area contributed by atoms with Crippen molar-refractivity contribution in [3.8, 4) is 0 Å². The molecule has 1 N–H and O–H groups in total. The molecule has 2 nitrogen and oxygen atoms in total. The molecule has 1 fully saturated rings. The lowest BCUT2D eigenvalue weighted by atomic mass is 9.88. The number of rotatable bonds is 5. The number of hydrogen-bond acceptors (Lipinski definition) is 2. The third kappa shape index (κ3) is 3.79. The van der Waals surface area contributed by atoms with Crippen LogP contribution in [-0.4, -0.2) is 18.9 Å². The Kier molecular flexibility index (Phi) is 5.16. The van der Waals surface area contributed by atoms with Gasteiger partial charge in [0, 0.05) is 12.3 Å². The van der Waals surface area contributed by atoms with Gasteiger partial charge in [0.2, 0.25) is 0 Å². The minimum absolute atomic E-state index is 0.287. The minimum Gasteiger partial charge on any atom is -0.317 e. The first-order valence-electron chi connectivity index (χ1n) is 5.97. The van der Waals surface area contributed by atoms with Crippen LogP contribution in [0.25, 0.3) is 0 Å². The molecule has 0 saturated carbocycles. The number of hydrogen-bond donors (Lipinski definition) is 1. The quantitative estimate of drug-likeness (QED) is 0.733. The van der Waals surface area contributed by atoms with E-state index in [4.69, 9.17) is 0 Å². The maximum atomic E-state index is 11.8. The van der Waals surface area contributed by atoms with Crippen LogP contribution in [0.1, 0.15) is 46.0 Å². The zero-order chi connectivity index (χ0) is 10.4. The second-order valence-corrected chi connectivity index (χ2v) is 4.55. The van der Waals surface area contributed by atoms with E-state index in [1.54, 1.807) is 0 Å². The molecule has 0 radical (unpaired) electrons. The van der Waals surface area contributed by atoms with Gasteiger partial charge < -0.3 is 5.32 Å². The molecular formula is C12H23NO. The highest BCUT2D eigenvalue weighted by atomic mass is 16.1. The van der Waals surface area contributed by atoms with E-state index in [0.29, 0.717) is 11.7 Å². The van der Waals surface area contributed by atoms with Crippen molar-refractivity contribution in [3.63, 3.8) is 0 Å². The number of piperidine rings is 1. The number of ketones is 1. The van der Waals surface area contributed by atoms with Gasteiger partial charge in [-0.25, -0.2) is 0 Å². The van der Waals surface area contributed by atoms with Crippen molar-refractivity contribution < 1.29 is 4.79 Å². The van der Waals surface area contributed by atoms with Gasteiger partial charge in [-0.1, -0.05) is 20.3 Å². The zero-order valence-electron chi connectivity index (χ0n) is 9.51. The summed E-state index contributed by atoms with van der Waals surface area (Å²) in [6.07, 6.45) is 5.38. The molecule has 0 aliphatic carbocycles. The smallest absolute Gasteiger partial charge is 0.135 e. The third-order valence-corrected chi connectivity index (χ3v) is 3.22. The molecule has 82 valence electrons. The van der Waals surface area contributed by atoms with Crippen molar-refractivity contribution in [1.29, 1.82) is 0 Å². The molecule has 1 atom stereocenters. The first-order chi connectivity index (χ1) is 6.74. The lowest BCUT2D eigenvalue weighted by Gasteiger charge is -2.23. The average molecular weight is 197 g/mol. The summed E-state index contributed by atoms with van der Waals surface area (Å²) in [4.78, 5) is 11.8. The molecule has 0 aromatic rings. The molecule has 0 bridgehead atoms. The summed E-state index contributed by atoms with van der Waals surface area (Å²) in [6, 6.07) is 0. The van der Waals surface area contributed by atoms with Crippen molar-refractivity contribution in [3.05, 3.63) is 0 Å². The summed E-state index contributed by atoms with van der Waals surface area (Å²) < 4.78 is 0. The molecular weight excluding hydrogens is 174 g/mol. The summed E-state index contributed by atoms with van der Waals surface area (Å²) >= 11 is 0. The van der Waals surface area contributed by atoms with Crippen LogP contribution in [0.15, 0.2) is 0 Å². The Hall–Kier alpha value is -0.370. The maximum Gasteiger partial charge on any atom is 0.135 e. The van der Waals surface area contributed by atoms with E-state index in [0.717, 1.165) is 32.4 Å². The van der Waals surface area contributed by atoms with E-state index in [1.807, 2.05) is 0 Å². The van der Waals surface area contributed by atoms with Crippen LogP contribution >= 0.6 is 0 Å². The van der Waals surface area contributed by atoms with Gasteiger partial charge in [0.25, 0.3) is 0 Å². The van der Waals surface area contributed by atoms with Crippen molar-refractivity contribution in [1.82, 2.24) is 5.32 Å². The molecule has 0 spiro atoms. The van der Waals surface area contributed by atoms with Gasteiger partial charge in [-0.05, 0) is 38.3 Å². The fourth-order valence-electron chi connectivity index (χ4n) is 2.17. The number of carbonyl (C=O) groups excluding carboxylic acids is 1. The fraction of sp³-hybridized carbons (Fsp3) is 0.917. The predicted octanol–water partition coefficient (Wildman–Crippen LogP) is 2.38. The fourth-order valence-corrected chi connectivity index (χ4v) is 2.17. The minimum atomic E-state index is 0.287. The van der Waals surface area contributed by atoms with Gasteiger partial charge in [-0.3, -0.25) is 4.79 Å². The Labute approximate surface area is 87.5 Å². The SMILES string of the molecule is CCCC(C)C(=O)CC1CCNCC1.